The second-order valence-corrected chi connectivity index (χ2v) is 11.7. The molecule has 1 aromatic carbocycles. The van der Waals surface area contributed by atoms with Gasteiger partial charge in [-0.15, -0.1) is 0 Å². The Kier molecular flexibility index (Phi) is 10.0. The average Bonchev–Trinajstić information content (AvgIpc) is 3.71. The van der Waals surface area contributed by atoms with E-state index in [-0.39, 0.29) is 18.1 Å². The molecule has 0 N–H and O–H groups in total. The summed E-state index contributed by atoms with van der Waals surface area (Å²) in [4.78, 5) is 0. The maximum Gasteiger partial charge on any atom is 0.164 e. The number of hydrogen-bond donors (Lipinski definition) is 0. The summed E-state index contributed by atoms with van der Waals surface area (Å²) >= 11 is 0. The molecule has 3 fully saturated rings. The van der Waals surface area contributed by atoms with E-state index in [1.807, 2.05) is 12.1 Å². The van der Waals surface area contributed by atoms with Gasteiger partial charge in [-0.2, -0.15) is 0 Å². The maximum atomic E-state index is 15.4. The van der Waals surface area contributed by atoms with Crippen molar-refractivity contribution >= 4 is 0 Å². The van der Waals surface area contributed by atoms with E-state index >= 15 is 8.78 Å². The maximum absolute atomic E-state index is 15.4. The molecule has 198 valence electrons. The number of ether oxygens (including phenoxy) is 2. The lowest BCUT2D eigenvalue weighted by Gasteiger charge is -2.34. The Morgan fingerprint density at radius 2 is 1.57 bits per heavy atom. The van der Waals surface area contributed by atoms with Crippen molar-refractivity contribution in [2.24, 2.45) is 23.7 Å². The van der Waals surface area contributed by atoms with E-state index in [1.165, 1.54) is 38.5 Å². The van der Waals surface area contributed by atoms with Gasteiger partial charge in [0.05, 0.1) is 25.4 Å². The Balaban J connectivity index is 1.39. The summed E-state index contributed by atoms with van der Waals surface area (Å²) in [7, 11) is 0. The van der Waals surface area contributed by atoms with E-state index in [1.54, 1.807) is 0 Å². The van der Waals surface area contributed by atoms with Gasteiger partial charge in [0.15, 0.2) is 11.6 Å². The van der Waals surface area contributed by atoms with Gasteiger partial charge in [-0.05, 0) is 74.2 Å². The quantitative estimate of drug-likeness (QED) is 0.291. The molecule has 35 heavy (non-hydrogen) atoms. The normalized spacial score (nSPS) is 29.2. The zero-order chi connectivity index (χ0) is 24.8. The standard InChI is InChI=1S/C31H48F2O2/c1-4-7-21-9-11-23(12-10-21)22(6-3)19-35-31(24-13-14-24)28-18-17-27(29(32)30(28)33)25-15-16-26(8-5-2)34-20-25/h17-18,21-26,31H,4-16,19-20H2,1-3H3. The van der Waals surface area contributed by atoms with Crippen LogP contribution in [0.1, 0.15) is 127 Å². The number of benzene rings is 1. The van der Waals surface area contributed by atoms with Crippen LogP contribution in [0.4, 0.5) is 8.78 Å². The lowest BCUT2D eigenvalue weighted by molar-refractivity contribution is -0.00840. The highest BCUT2D eigenvalue weighted by molar-refractivity contribution is 5.31. The van der Waals surface area contributed by atoms with Gasteiger partial charge in [0.25, 0.3) is 0 Å². The van der Waals surface area contributed by atoms with E-state index in [0.29, 0.717) is 42.1 Å². The van der Waals surface area contributed by atoms with Gasteiger partial charge < -0.3 is 9.47 Å². The first kappa shape index (κ1) is 27.0. The number of rotatable bonds is 12. The molecule has 0 amide bonds. The molecule has 0 bridgehead atoms. The molecule has 2 saturated carbocycles. The average molecular weight is 491 g/mol. The topological polar surface area (TPSA) is 18.5 Å². The van der Waals surface area contributed by atoms with Crippen molar-refractivity contribution in [3.63, 3.8) is 0 Å². The van der Waals surface area contributed by atoms with Crippen LogP contribution in [0.5, 0.6) is 0 Å². The lowest BCUT2D eigenvalue weighted by Crippen LogP contribution is -2.26. The third-order valence-electron chi connectivity index (χ3n) is 9.19. The Bertz CT molecular complexity index is 776. The molecule has 4 heteroatoms. The molecule has 4 atom stereocenters. The summed E-state index contributed by atoms with van der Waals surface area (Å²) in [6.07, 6.45) is 15.0. The predicted molar refractivity (Wildman–Crippen MR) is 139 cm³/mol. The molecule has 1 heterocycles. The Labute approximate surface area is 212 Å². The molecule has 0 aromatic heterocycles. The van der Waals surface area contributed by atoms with E-state index in [0.717, 1.165) is 50.9 Å². The first-order valence-electron chi connectivity index (χ1n) is 14.8. The fourth-order valence-corrected chi connectivity index (χ4v) is 6.77. The zero-order valence-corrected chi connectivity index (χ0v) is 22.4. The van der Waals surface area contributed by atoms with Gasteiger partial charge in [0.1, 0.15) is 0 Å². The highest BCUT2D eigenvalue weighted by atomic mass is 19.2. The lowest BCUT2D eigenvalue weighted by atomic mass is 9.74. The molecule has 4 unspecified atom stereocenters. The van der Waals surface area contributed by atoms with Gasteiger partial charge in [0, 0.05) is 11.5 Å². The molecule has 1 aliphatic heterocycles. The Morgan fingerprint density at radius 1 is 0.857 bits per heavy atom. The molecule has 1 saturated heterocycles. The summed E-state index contributed by atoms with van der Waals surface area (Å²) in [5.74, 6) is 1.01. The molecule has 3 aliphatic rings. The Hall–Kier alpha value is -1.00. The van der Waals surface area contributed by atoms with Gasteiger partial charge >= 0.3 is 0 Å². The van der Waals surface area contributed by atoms with Crippen molar-refractivity contribution in [3.8, 4) is 0 Å². The summed E-state index contributed by atoms with van der Waals surface area (Å²) in [5, 5.41) is 0. The summed E-state index contributed by atoms with van der Waals surface area (Å²) in [6.45, 7) is 7.85. The molecule has 0 spiro atoms. The van der Waals surface area contributed by atoms with Crippen molar-refractivity contribution in [3.05, 3.63) is 34.9 Å². The van der Waals surface area contributed by atoms with Crippen molar-refractivity contribution in [1.29, 1.82) is 0 Å². The van der Waals surface area contributed by atoms with Gasteiger partial charge in [0.2, 0.25) is 0 Å². The summed E-state index contributed by atoms with van der Waals surface area (Å²) in [6, 6.07) is 3.62. The van der Waals surface area contributed by atoms with Crippen molar-refractivity contribution in [2.75, 3.05) is 13.2 Å². The van der Waals surface area contributed by atoms with Crippen LogP contribution in [0.15, 0.2) is 12.1 Å². The van der Waals surface area contributed by atoms with Crippen LogP contribution in [0.25, 0.3) is 0 Å². The number of hydrogen-bond acceptors (Lipinski definition) is 2. The summed E-state index contributed by atoms with van der Waals surface area (Å²) < 4.78 is 43.1. The fraction of sp³-hybridized carbons (Fsp3) is 0.806. The second-order valence-electron chi connectivity index (χ2n) is 11.7. The van der Waals surface area contributed by atoms with Crippen LogP contribution < -0.4 is 0 Å². The third kappa shape index (κ3) is 6.86. The van der Waals surface area contributed by atoms with Crippen LogP contribution >= 0.6 is 0 Å². The molecule has 4 rings (SSSR count). The second kappa shape index (κ2) is 13.0. The molecule has 0 radical (unpaired) electrons. The third-order valence-corrected chi connectivity index (χ3v) is 9.19. The molecule has 2 aliphatic carbocycles. The van der Waals surface area contributed by atoms with Crippen molar-refractivity contribution in [2.45, 2.75) is 122 Å². The van der Waals surface area contributed by atoms with Crippen LogP contribution in [0.2, 0.25) is 0 Å². The zero-order valence-electron chi connectivity index (χ0n) is 22.4. The van der Waals surface area contributed by atoms with Crippen LogP contribution in [-0.2, 0) is 9.47 Å². The van der Waals surface area contributed by atoms with Crippen LogP contribution in [0.3, 0.4) is 0 Å². The van der Waals surface area contributed by atoms with E-state index in [9.17, 15) is 0 Å². The smallest absolute Gasteiger partial charge is 0.164 e. The Morgan fingerprint density at radius 3 is 2.17 bits per heavy atom. The molecule has 1 aromatic rings. The minimum atomic E-state index is -0.691. The van der Waals surface area contributed by atoms with Gasteiger partial charge in [-0.3, -0.25) is 0 Å². The minimum absolute atomic E-state index is 0.0562. The molecular weight excluding hydrogens is 442 g/mol. The molecular formula is C31H48F2O2. The van der Waals surface area contributed by atoms with Gasteiger partial charge in [-0.25, -0.2) is 8.78 Å². The molecule has 2 nitrogen and oxygen atoms in total. The highest BCUT2D eigenvalue weighted by Crippen LogP contribution is 2.46. The van der Waals surface area contributed by atoms with E-state index < -0.39 is 11.6 Å². The monoisotopic (exact) mass is 490 g/mol. The first-order chi connectivity index (χ1) is 17.0. The number of halogens is 2. The van der Waals surface area contributed by atoms with E-state index in [4.69, 9.17) is 9.47 Å². The minimum Gasteiger partial charge on any atom is -0.378 e. The summed E-state index contributed by atoms with van der Waals surface area (Å²) in [5.41, 5.74) is 0.905. The largest absolute Gasteiger partial charge is 0.378 e. The predicted octanol–water partition coefficient (Wildman–Crippen LogP) is 9.13. The van der Waals surface area contributed by atoms with Crippen molar-refractivity contribution < 1.29 is 18.3 Å². The first-order valence-corrected chi connectivity index (χ1v) is 14.8. The van der Waals surface area contributed by atoms with Gasteiger partial charge in [-0.1, -0.05) is 71.4 Å². The van der Waals surface area contributed by atoms with Crippen LogP contribution in [0, 0.1) is 35.3 Å². The van der Waals surface area contributed by atoms with Crippen LogP contribution in [-0.4, -0.2) is 19.3 Å². The van der Waals surface area contributed by atoms with Crippen molar-refractivity contribution in [1.82, 2.24) is 0 Å². The SMILES string of the molecule is CCCC1CCC(C(CC)COC(c2ccc(C3CCC(CCC)OC3)c(F)c2F)C2CC2)CC1. The van der Waals surface area contributed by atoms with E-state index in [2.05, 4.69) is 20.8 Å². The fourth-order valence-electron chi connectivity index (χ4n) is 6.77. The highest BCUT2D eigenvalue weighted by Gasteiger charge is 2.37.